The van der Waals surface area contributed by atoms with Crippen molar-refractivity contribution in [3.05, 3.63) is 18.2 Å². The molecule has 0 saturated heterocycles. The number of hydrogen-bond acceptors (Lipinski definition) is 3. The number of rotatable bonds is 3. The fraction of sp³-hybridized carbons (Fsp3) is 0.714. The molecular formula is C14H22N4O. The molecule has 2 atom stereocenters. The van der Waals surface area contributed by atoms with Gasteiger partial charge in [-0.15, -0.1) is 0 Å². The normalized spacial score (nSPS) is 33.9. The summed E-state index contributed by atoms with van der Waals surface area (Å²) in [5, 5.41) is 3.01. The molecule has 1 heterocycles. The Kier molecular flexibility index (Phi) is 3.55. The second-order valence-electron chi connectivity index (χ2n) is 5.99. The number of aromatic nitrogens is 2. The van der Waals surface area contributed by atoms with E-state index in [1.807, 2.05) is 0 Å². The standard InChI is InChI=1S/C14H22N4O/c15-13-9-2-1-3-10(13)5-11(4-9)14(19)17-7-12-6-16-8-18-12/h6,8-11,13H,1-5,7,15H2,(H,16,18)(H,17,19). The van der Waals surface area contributed by atoms with E-state index in [4.69, 9.17) is 5.73 Å². The van der Waals surface area contributed by atoms with Crippen molar-refractivity contribution in [2.75, 3.05) is 0 Å². The molecule has 3 rings (SSSR count). The minimum Gasteiger partial charge on any atom is -0.350 e. The number of hydrogen-bond donors (Lipinski definition) is 3. The molecule has 1 aromatic rings. The van der Waals surface area contributed by atoms with Gasteiger partial charge in [-0.2, -0.15) is 0 Å². The third-order valence-electron chi connectivity index (χ3n) is 4.79. The topological polar surface area (TPSA) is 83.8 Å². The van der Waals surface area contributed by atoms with Crippen molar-refractivity contribution in [2.24, 2.45) is 23.5 Å². The van der Waals surface area contributed by atoms with Gasteiger partial charge in [-0.05, 0) is 37.5 Å². The SMILES string of the molecule is NC1C2CCCC1CC(C(=O)NCc1cnc[nH]1)C2. The number of aromatic amines is 1. The van der Waals surface area contributed by atoms with Crippen LogP contribution < -0.4 is 11.1 Å². The molecule has 2 saturated carbocycles. The van der Waals surface area contributed by atoms with Gasteiger partial charge in [0, 0.05) is 18.2 Å². The van der Waals surface area contributed by atoms with Crippen LogP contribution in [0.1, 0.15) is 37.8 Å². The quantitative estimate of drug-likeness (QED) is 0.764. The molecule has 0 radical (unpaired) electrons. The van der Waals surface area contributed by atoms with Crippen molar-refractivity contribution >= 4 is 5.91 Å². The Balaban J connectivity index is 1.56. The summed E-state index contributed by atoms with van der Waals surface area (Å²) < 4.78 is 0. The molecule has 0 aliphatic heterocycles. The van der Waals surface area contributed by atoms with Crippen LogP contribution in [-0.4, -0.2) is 21.9 Å². The molecule has 1 aromatic heterocycles. The molecule has 2 unspecified atom stereocenters. The van der Waals surface area contributed by atoms with E-state index in [1.54, 1.807) is 12.5 Å². The number of nitrogens with one attached hydrogen (secondary N) is 2. The van der Waals surface area contributed by atoms with Gasteiger partial charge in [-0.1, -0.05) is 6.42 Å². The van der Waals surface area contributed by atoms with Gasteiger partial charge < -0.3 is 16.0 Å². The van der Waals surface area contributed by atoms with Crippen molar-refractivity contribution in [1.82, 2.24) is 15.3 Å². The summed E-state index contributed by atoms with van der Waals surface area (Å²) in [4.78, 5) is 19.2. The number of amides is 1. The zero-order valence-corrected chi connectivity index (χ0v) is 11.1. The number of nitrogens with two attached hydrogens (primary N) is 1. The summed E-state index contributed by atoms with van der Waals surface area (Å²) in [5.74, 6) is 1.43. The molecule has 104 valence electrons. The summed E-state index contributed by atoms with van der Waals surface area (Å²) in [6.45, 7) is 0.538. The van der Waals surface area contributed by atoms with E-state index in [2.05, 4.69) is 15.3 Å². The lowest BCUT2D eigenvalue weighted by molar-refractivity contribution is -0.128. The van der Waals surface area contributed by atoms with Crippen molar-refractivity contribution in [3.63, 3.8) is 0 Å². The largest absolute Gasteiger partial charge is 0.350 e. The third-order valence-corrected chi connectivity index (χ3v) is 4.79. The van der Waals surface area contributed by atoms with Gasteiger partial charge in [-0.3, -0.25) is 4.79 Å². The molecule has 2 aliphatic carbocycles. The highest BCUT2D eigenvalue weighted by atomic mass is 16.1. The Morgan fingerprint density at radius 2 is 2.16 bits per heavy atom. The fourth-order valence-electron chi connectivity index (χ4n) is 3.71. The zero-order valence-electron chi connectivity index (χ0n) is 11.1. The van der Waals surface area contributed by atoms with Crippen LogP contribution in [0.15, 0.2) is 12.5 Å². The number of H-pyrrole nitrogens is 1. The maximum absolute atomic E-state index is 12.2. The van der Waals surface area contributed by atoms with E-state index in [-0.39, 0.29) is 11.8 Å². The number of carbonyl (C=O) groups is 1. The summed E-state index contributed by atoms with van der Waals surface area (Å²) in [6, 6.07) is 0.324. The molecular weight excluding hydrogens is 240 g/mol. The lowest BCUT2D eigenvalue weighted by Crippen LogP contribution is -2.49. The molecule has 0 aromatic carbocycles. The molecule has 4 N–H and O–H groups in total. The Morgan fingerprint density at radius 1 is 1.42 bits per heavy atom. The zero-order chi connectivity index (χ0) is 13.2. The molecule has 1 amide bonds. The van der Waals surface area contributed by atoms with Gasteiger partial charge >= 0.3 is 0 Å². The van der Waals surface area contributed by atoms with Crippen molar-refractivity contribution in [1.29, 1.82) is 0 Å². The fourth-order valence-corrected chi connectivity index (χ4v) is 3.71. The Morgan fingerprint density at radius 3 is 2.79 bits per heavy atom. The third kappa shape index (κ3) is 2.66. The lowest BCUT2D eigenvalue weighted by atomic mass is 9.65. The van der Waals surface area contributed by atoms with Crippen LogP contribution in [0.25, 0.3) is 0 Å². The van der Waals surface area contributed by atoms with Gasteiger partial charge in [0.05, 0.1) is 18.6 Å². The van der Waals surface area contributed by atoms with Crippen molar-refractivity contribution < 1.29 is 4.79 Å². The Labute approximate surface area is 113 Å². The van der Waals surface area contributed by atoms with E-state index in [0.717, 1.165) is 18.5 Å². The highest BCUT2D eigenvalue weighted by Crippen LogP contribution is 2.41. The second-order valence-corrected chi connectivity index (χ2v) is 5.99. The average molecular weight is 262 g/mol. The maximum Gasteiger partial charge on any atom is 0.223 e. The van der Waals surface area contributed by atoms with E-state index in [0.29, 0.717) is 24.4 Å². The smallest absolute Gasteiger partial charge is 0.223 e. The van der Waals surface area contributed by atoms with Gasteiger partial charge in [0.1, 0.15) is 0 Å². The molecule has 2 fully saturated rings. The minimum atomic E-state index is 0.151. The number of carbonyl (C=O) groups excluding carboxylic acids is 1. The van der Waals surface area contributed by atoms with E-state index < -0.39 is 0 Å². The molecule has 5 nitrogen and oxygen atoms in total. The van der Waals surface area contributed by atoms with Crippen LogP contribution in [-0.2, 0) is 11.3 Å². The highest BCUT2D eigenvalue weighted by Gasteiger charge is 2.40. The Hall–Kier alpha value is -1.36. The van der Waals surface area contributed by atoms with E-state index in [1.165, 1.54) is 19.3 Å². The lowest BCUT2D eigenvalue weighted by Gasteiger charge is -2.43. The van der Waals surface area contributed by atoms with Crippen LogP contribution in [0, 0.1) is 17.8 Å². The van der Waals surface area contributed by atoms with Crippen LogP contribution in [0.5, 0.6) is 0 Å². The van der Waals surface area contributed by atoms with E-state index in [9.17, 15) is 4.79 Å². The number of nitrogens with zero attached hydrogens (tertiary/aromatic N) is 1. The maximum atomic E-state index is 12.2. The summed E-state index contributed by atoms with van der Waals surface area (Å²) in [6.07, 6.45) is 8.98. The van der Waals surface area contributed by atoms with E-state index >= 15 is 0 Å². The first-order valence-corrected chi connectivity index (χ1v) is 7.24. The first-order chi connectivity index (χ1) is 9.24. The first kappa shape index (κ1) is 12.7. The molecule has 2 bridgehead atoms. The summed E-state index contributed by atoms with van der Waals surface area (Å²) in [5.41, 5.74) is 7.20. The first-order valence-electron chi connectivity index (χ1n) is 7.24. The minimum absolute atomic E-state index is 0.151. The van der Waals surface area contributed by atoms with Crippen LogP contribution in [0.4, 0.5) is 0 Å². The van der Waals surface area contributed by atoms with Gasteiger partial charge in [-0.25, -0.2) is 4.98 Å². The molecule has 5 heteroatoms. The van der Waals surface area contributed by atoms with Gasteiger partial charge in [0.15, 0.2) is 0 Å². The van der Waals surface area contributed by atoms with Crippen LogP contribution >= 0.6 is 0 Å². The van der Waals surface area contributed by atoms with Crippen molar-refractivity contribution in [3.8, 4) is 0 Å². The Bertz CT molecular complexity index is 417. The van der Waals surface area contributed by atoms with Crippen LogP contribution in [0.3, 0.4) is 0 Å². The van der Waals surface area contributed by atoms with Gasteiger partial charge in [0.2, 0.25) is 5.91 Å². The second kappa shape index (κ2) is 5.33. The summed E-state index contributed by atoms with van der Waals surface area (Å²) in [7, 11) is 0. The average Bonchev–Trinajstić information content (AvgIpc) is 2.88. The molecule has 2 aliphatic rings. The monoisotopic (exact) mass is 262 g/mol. The number of imidazole rings is 1. The summed E-state index contributed by atoms with van der Waals surface area (Å²) >= 11 is 0. The number of fused-ring (bicyclic) bond motifs is 2. The predicted molar refractivity (Wildman–Crippen MR) is 72.0 cm³/mol. The van der Waals surface area contributed by atoms with Crippen molar-refractivity contribution in [2.45, 2.75) is 44.7 Å². The van der Waals surface area contributed by atoms with Gasteiger partial charge in [0.25, 0.3) is 0 Å². The molecule has 19 heavy (non-hydrogen) atoms. The molecule has 0 spiro atoms. The van der Waals surface area contributed by atoms with Crippen LogP contribution in [0.2, 0.25) is 0 Å². The predicted octanol–water partition coefficient (Wildman–Crippen LogP) is 1.18. The highest BCUT2D eigenvalue weighted by molar-refractivity contribution is 5.78.